The predicted octanol–water partition coefficient (Wildman–Crippen LogP) is 2.44. The number of thiocarbonyl (C=S) groups is 1. The fourth-order valence-electron chi connectivity index (χ4n) is 2.00. The molecule has 1 rings (SSSR count). The summed E-state index contributed by atoms with van der Waals surface area (Å²) in [4.78, 5) is 0. The SMILES string of the molecule is CC(C)NC(=S)NC1CCCCC1C. The van der Waals surface area contributed by atoms with Crippen molar-refractivity contribution in [1.29, 1.82) is 0 Å². The number of nitrogens with one attached hydrogen (secondary N) is 2. The van der Waals surface area contributed by atoms with E-state index in [1.807, 2.05) is 0 Å². The average Bonchev–Trinajstić information content (AvgIpc) is 2.07. The Morgan fingerprint density at radius 2 is 1.93 bits per heavy atom. The Labute approximate surface area is 92.8 Å². The molecule has 0 saturated heterocycles. The van der Waals surface area contributed by atoms with Crippen LogP contribution in [0.5, 0.6) is 0 Å². The molecule has 0 aliphatic heterocycles. The van der Waals surface area contributed by atoms with Crippen LogP contribution in [-0.4, -0.2) is 17.2 Å². The van der Waals surface area contributed by atoms with Crippen molar-refractivity contribution in [2.24, 2.45) is 5.92 Å². The second-order valence-electron chi connectivity index (χ2n) is 4.64. The molecule has 2 N–H and O–H groups in total. The molecule has 14 heavy (non-hydrogen) atoms. The highest BCUT2D eigenvalue weighted by Crippen LogP contribution is 2.23. The van der Waals surface area contributed by atoms with E-state index in [4.69, 9.17) is 12.2 Å². The first kappa shape index (κ1) is 11.8. The molecule has 0 bridgehead atoms. The minimum absolute atomic E-state index is 0.425. The fourth-order valence-corrected chi connectivity index (χ4v) is 2.39. The van der Waals surface area contributed by atoms with E-state index < -0.39 is 0 Å². The summed E-state index contributed by atoms with van der Waals surface area (Å²) in [5.41, 5.74) is 0. The van der Waals surface area contributed by atoms with Gasteiger partial charge in [0.05, 0.1) is 0 Å². The third-order valence-electron chi connectivity index (χ3n) is 2.85. The van der Waals surface area contributed by atoms with E-state index in [-0.39, 0.29) is 0 Å². The van der Waals surface area contributed by atoms with Crippen molar-refractivity contribution in [1.82, 2.24) is 10.6 Å². The molecule has 0 spiro atoms. The van der Waals surface area contributed by atoms with Crippen LogP contribution in [0.1, 0.15) is 46.5 Å². The summed E-state index contributed by atoms with van der Waals surface area (Å²) in [6.45, 7) is 6.53. The molecule has 1 aliphatic rings. The van der Waals surface area contributed by atoms with Crippen molar-refractivity contribution in [2.45, 2.75) is 58.5 Å². The number of rotatable bonds is 2. The van der Waals surface area contributed by atoms with E-state index in [0.29, 0.717) is 12.1 Å². The second kappa shape index (κ2) is 5.54. The van der Waals surface area contributed by atoms with Crippen LogP contribution in [0.15, 0.2) is 0 Å². The van der Waals surface area contributed by atoms with E-state index >= 15 is 0 Å². The van der Waals surface area contributed by atoms with Crippen LogP contribution in [0, 0.1) is 5.92 Å². The molecule has 1 aliphatic carbocycles. The highest BCUT2D eigenvalue weighted by molar-refractivity contribution is 7.80. The zero-order chi connectivity index (χ0) is 10.6. The van der Waals surface area contributed by atoms with Crippen molar-refractivity contribution in [3.63, 3.8) is 0 Å². The Morgan fingerprint density at radius 1 is 1.29 bits per heavy atom. The lowest BCUT2D eigenvalue weighted by Gasteiger charge is -2.31. The monoisotopic (exact) mass is 214 g/mol. The molecule has 3 heteroatoms. The Balaban J connectivity index is 2.31. The average molecular weight is 214 g/mol. The van der Waals surface area contributed by atoms with Crippen molar-refractivity contribution in [3.05, 3.63) is 0 Å². The van der Waals surface area contributed by atoms with Gasteiger partial charge in [-0.05, 0) is 44.8 Å². The first-order chi connectivity index (χ1) is 6.59. The van der Waals surface area contributed by atoms with Gasteiger partial charge in [0.2, 0.25) is 0 Å². The van der Waals surface area contributed by atoms with Gasteiger partial charge in [-0.25, -0.2) is 0 Å². The van der Waals surface area contributed by atoms with E-state index in [1.165, 1.54) is 25.7 Å². The Morgan fingerprint density at radius 3 is 2.50 bits per heavy atom. The first-order valence-corrected chi connectivity index (χ1v) is 6.07. The zero-order valence-electron chi connectivity index (χ0n) is 9.47. The molecule has 2 unspecified atom stereocenters. The zero-order valence-corrected chi connectivity index (χ0v) is 10.3. The van der Waals surface area contributed by atoms with Crippen LogP contribution < -0.4 is 10.6 Å². The van der Waals surface area contributed by atoms with Crippen LogP contribution in [0.4, 0.5) is 0 Å². The van der Waals surface area contributed by atoms with E-state index in [2.05, 4.69) is 31.4 Å². The highest BCUT2D eigenvalue weighted by atomic mass is 32.1. The number of hydrogen-bond donors (Lipinski definition) is 2. The quantitative estimate of drug-likeness (QED) is 0.690. The van der Waals surface area contributed by atoms with E-state index in [0.717, 1.165) is 11.0 Å². The predicted molar refractivity (Wildman–Crippen MR) is 65.4 cm³/mol. The molecule has 1 saturated carbocycles. The second-order valence-corrected chi connectivity index (χ2v) is 5.05. The van der Waals surface area contributed by atoms with Crippen molar-refractivity contribution in [2.75, 3.05) is 0 Å². The Bertz CT molecular complexity index is 192. The van der Waals surface area contributed by atoms with Gasteiger partial charge in [0.25, 0.3) is 0 Å². The third-order valence-corrected chi connectivity index (χ3v) is 3.08. The summed E-state index contributed by atoms with van der Waals surface area (Å²) < 4.78 is 0. The lowest BCUT2D eigenvalue weighted by atomic mass is 9.86. The minimum Gasteiger partial charge on any atom is -0.361 e. The van der Waals surface area contributed by atoms with Crippen molar-refractivity contribution in [3.8, 4) is 0 Å². The minimum atomic E-state index is 0.425. The van der Waals surface area contributed by atoms with Crippen LogP contribution in [0.3, 0.4) is 0 Å². The standard InChI is InChI=1S/C11H22N2S/c1-8(2)12-11(14)13-10-7-5-4-6-9(10)3/h8-10H,4-7H2,1-3H3,(H2,12,13,14). The maximum Gasteiger partial charge on any atom is 0.166 e. The molecule has 82 valence electrons. The summed E-state index contributed by atoms with van der Waals surface area (Å²) >= 11 is 5.24. The van der Waals surface area contributed by atoms with Gasteiger partial charge in [-0.1, -0.05) is 19.8 Å². The number of hydrogen-bond acceptors (Lipinski definition) is 1. The summed E-state index contributed by atoms with van der Waals surface area (Å²) in [5, 5.41) is 7.47. The largest absolute Gasteiger partial charge is 0.361 e. The van der Waals surface area contributed by atoms with Gasteiger partial charge < -0.3 is 10.6 Å². The van der Waals surface area contributed by atoms with Gasteiger partial charge in [-0.3, -0.25) is 0 Å². The van der Waals surface area contributed by atoms with E-state index in [1.54, 1.807) is 0 Å². The smallest absolute Gasteiger partial charge is 0.166 e. The van der Waals surface area contributed by atoms with E-state index in [9.17, 15) is 0 Å². The topological polar surface area (TPSA) is 24.1 Å². The molecular formula is C11H22N2S. The van der Waals surface area contributed by atoms with Gasteiger partial charge in [0.1, 0.15) is 0 Å². The van der Waals surface area contributed by atoms with Gasteiger partial charge in [-0.15, -0.1) is 0 Å². The molecule has 0 aromatic rings. The maximum atomic E-state index is 5.24. The van der Waals surface area contributed by atoms with Crippen LogP contribution >= 0.6 is 12.2 Å². The molecule has 0 aromatic heterocycles. The lowest BCUT2D eigenvalue weighted by Crippen LogP contribution is -2.47. The summed E-state index contributed by atoms with van der Waals surface area (Å²) in [5.74, 6) is 0.760. The maximum absolute atomic E-state index is 5.24. The first-order valence-electron chi connectivity index (χ1n) is 5.66. The molecular weight excluding hydrogens is 192 g/mol. The Kier molecular flexibility index (Phi) is 4.66. The van der Waals surface area contributed by atoms with Crippen LogP contribution in [0.25, 0.3) is 0 Å². The van der Waals surface area contributed by atoms with Crippen LogP contribution in [-0.2, 0) is 0 Å². The van der Waals surface area contributed by atoms with Crippen molar-refractivity contribution < 1.29 is 0 Å². The third kappa shape index (κ3) is 3.82. The molecule has 0 aromatic carbocycles. The molecule has 1 fully saturated rings. The van der Waals surface area contributed by atoms with Gasteiger partial charge in [0, 0.05) is 12.1 Å². The normalized spacial score (nSPS) is 27.4. The Hall–Kier alpha value is -0.310. The van der Waals surface area contributed by atoms with Crippen LogP contribution in [0.2, 0.25) is 0 Å². The molecule has 0 radical (unpaired) electrons. The van der Waals surface area contributed by atoms with Gasteiger partial charge in [0.15, 0.2) is 5.11 Å². The van der Waals surface area contributed by atoms with Crippen molar-refractivity contribution >= 4 is 17.3 Å². The highest BCUT2D eigenvalue weighted by Gasteiger charge is 2.21. The molecule has 2 atom stereocenters. The molecule has 0 heterocycles. The summed E-state index contributed by atoms with van der Waals surface area (Å²) in [6.07, 6.45) is 5.32. The molecule has 2 nitrogen and oxygen atoms in total. The van der Waals surface area contributed by atoms with Gasteiger partial charge >= 0.3 is 0 Å². The summed E-state index contributed by atoms with van der Waals surface area (Å²) in [7, 11) is 0. The molecule has 0 amide bonds. The fraction of sp³-hybridized carbons (Fsp3) is 0.909. The summed E-state index contributed by atoms with van der Waals surface area (Å²) in [6, 6.07) is 1.01. The lowest BCUT2D eigenvalue weighted by molar-refractivity contribution is 0.307. The van der Waals surface area contributed by atoms with Gasteiger partial charge in [-0.2, -0.15) is 0 Å².